The van der Waals surface area contributed by atoms with Crippen molar-refractivity contribution < 1.29 is 0 Å². The normalized spacial score (nSPS) is 21.4. The van der Waals surface area contributed by atoms with Gasteiger partial charge >= 0.3 is 0 Å². The zero-order valence-electron chi connectivity index (χ0n) is 15.1. The van der Waals surface area contributed by atoms with Crippen LogP contribution in [0.15, 0.2) is 71.2 Å². The summed E-state index contributed by atoms with van der Waals surface area (Å²) in [6.07, 6.45) is 1.27. The molecule has 5 rings (SSSR count). The number of nitrogens with zero attached hydrogens (tertiary/aromatic N) is 2. The summed E-state index contributed by atoms with van der Waals surface area (Å²) >= 11 is 9.98. The lowest BCUT2D eigenvalue weighted by molar-refractivity contribution is 0.133. The molecule has 0 saturated heterocycles. The molecule has 0 bridgehead atoms. The second-order valence-corrected chi connectivity index (χ2v) is 8.68. The topological polar surface area (TPSA) is 6.48 Å². The van der Waals surface area contributed by atoms with E-state index in [0.717, 1.165) is 22.5 Å². The molecule has 2 aliphatic rings. The molecule has 3 aromatic carbocycles. The number of hydrogen-bond acceptors (Lipinski definition) is 2. The minimum Gasteiger partial charge on any atom is -0.355 e. The molecule has 136 valence electrons. The molecule has 0 N–H and O–H groups in total. The Hall–Kier alpha value is -1.81. The third-order valence-corrected chi connectivity index (χ3v) is 6.60. The summed E-state index contributed by atoms with van der Waals surface area (Å²) in [5.41, 5.74) is 6.72. The molecule has 2 heterocycles. The monoisotopic (exact) mass is 438 g/mol. The van der Waals surface area contributed by atoms with Gasteiger partial charge in [0.25, 0.3) is 0 Å². The Labute approximate surface area is 173 Å². The van der Waals surface area contributed by atoms with Crippen molar-refractivity contribution in [2.45, 2.75) is 18.6 Å². The van der Waals surface area contributed by atoms with Gasteiger partial charge in [-0.3, -0.25) is 4.90 Å². The smallest absolute Gasteiger partial charge is 0.109 e. The van der Waals surface area contributed by atoms with Gasteiger partial charge in [0.05, 0.1) is 6.04 Å². The molecular formula is C23H20BrClN2. The molecule has 0 fully saturated rings. The van der Waals surface area contributed by atoms with Crippen molar-refractivity contribution in [3.63, 3.8) is 0 Å². The van der Waals surface area contributed by atoms with Gasteiger partial charge in [-0.1, -0.05) is 63.9 Å². The second kappa shape index (κ2) is 6.66. The minimum absolute atomic E-state index is 0.199. The molecule has 0 saturated carbocycles. The molecular weight excluding hydrogens is 420 g/mol. The fourth-order valence-electron chi connectivity index (χ4n) is 4.67. The summed E-state index contributed by atoms with van der Waals surface area (Å²) < 4.78 is 1.11. The van der Waals surface area contributed by atoms with Crippen LogP contribution < -0.4 is 4.90 Å². The third kappa shape index (κ3) is 2.80. The van der Waals surface area contributed by atoms with Gasteiger partial charge in [0, 0.05) is 28.8 Å². The van der Waals surface area contributed by atoms with Crippen LogP contribution in [0.4, 0.5) is 5.69 Å². The van der Waals surface area contributed by atoms with Crippen LogP contribution in [0.1, 0.15) is 34.5 Å². The highest BCUT2D eigenvalue weighted by Crippen LogP contribution is 2.49. The van der Waals surface area contributed by atoms with E-state index in [2.05, 4.69) is 93.4 Å². The highest BCUT2D eigenvalue weighted by molar-refractivity contribution is 9.10. The summed E-state index contributed by atoms with van der Waals surface area (Å²) in [6.45, 7) is 1.03. The predicted octanol–water partition coefficient (Wildman–Crippen LogP) is 6.20. The number of hydrogen-bond donors (Lipinski definition) is 0. The Morgan fingerprint density at radius 2 is 1.74 bits per heavy atom. The molecule has 4 heteroatoms. The average molecular weight is 440 g/mol. The van der Waals surface area contributed by atoms with Crippen LogP contribution in [0.3, 0.4) is 0 Å². The van der Waals surface area contributed by atoms with E-state index in [4.69, 9.17) is 11.6 Å². The second-order valence-electron chi connectivity index (χ2n) is 7.33. The molecule has 0 spiro atoms. The SMILES string of the molecule is CN1c2ccc(Cl)cc2C2c3ccccc3CCN2C1c1ccc(Br)cc1. The first-order valence-corrected chi connectivity index (χ1v) is 10.4. The molecule has 27 heavy (non-hydrogen) atoms. The summed E-state index contributed by atoms with van der Waals surface area (Å²) in [4.78, 5) is 5.00. The van der Waals surface area contributed by atoms with E-state index < -0.39 is 0 Å². The molecule has 2 unspecified atom stereocenters. The predicted molar refractivity (Wildman–Crippen MR) is 115 cm³/mol. The van der Waals surface area contributed by atoms with Gasteiger partial charge < -0.3 is 4.90 Å². The summed E-state index contributed by atoms with van der Waals surface area (Å²) in [5.74, 6) is 0. The highest BCUT2D eigenvalue weighted by atomic mass is 79.9. The maximum Gasteiger partial charge on any atom is 0.109 e. The summed E-state index contributed by atoms with van der Waals surface area (Å²) in [6, 6.07) is 24.1. The Kier molecular flexibility index (Phi) is 4.27. The third-order valence-electron chi connectivity index (χ3n) is 5.83. The van der Waals surface area contributed by atoms with Crippen molar-refractivity contribution in [1.29, 1.82) is 0 Å². The van der Waals surface area contributed by atoms with Crippen LogP contribution in [0.5, 0.6) is 0 Å². The van der Waals surface area contributed by atoms with E-state index in [1.54, 1.807) is 0 Å². The van der Waals surface area contributed by atoms with Crippen molar-refractivity contribution in [2.24, 2.45) is 0 Å². The first-order valence-electron chi connectivity index (χ1n) is 9.25. The number of rotatable bonds is 1. The van der Waals surface area contributed by atoms with Crippen molar-refractivity contribution in [3.8, 4) is 0 Å². The average Bonchev–Trinajstić information content (AvgIpc) is 2.69. The zero-order chi connectivity index (χ0) is 18.5. The summed E-state index contributed by atoms with van der Waals surface area (Å²) in [5, 5.41) is 0.798. The maximum absolute atomic E-state index is 6.41. The van der Waals surface area contributed by atoms with Crippen LogP contribution in [0.25, 0.3) is 0 Å². The van der Waals surface area contributed by atoms with Crippen LogP contribution in [0, 0.1) is 0 Å². The first-order chi connectivity index (χ1) is 13.1. The summed E-state index contributed by atoms with van der Waals surface area (Å²) in [7, 11) is 2.19. The van der Waals surface area contributed by atoms with E-state index in [0.29, 0.717) is 0 Å². The van der Waals surface area contributed by atoms with Gasteiger partial charge in [0.15, 0.2) is 0 Å². The van der Waals surface area contributed by atoms with Gasteiger partial charge in [0.1, 0.15) is 6.17 Å². The molecule has 0 amide bonds. The van der Waals surface area contributed by atoms with E-state index in [1.807, 2.05) is 6.07 Å². The van der Waals surface area contributed by atoms with E-state index >= 15 is 0 Å². The van der Waals surface area contributed by atoms with Crippen molar-refractivity contribution >= 4 is 33.2 Å². The fourth-order valence-corrected chi connectivity index (χ4v) is 5.11. The van der Waals surface area contributed by atoms with Crippen LogP contribution in [0.2, 0.25) is 5.02 Å². The Morgan fingerprint density at radius 3 is 2.56 bits per heavy atom. The molecule has 0 aromatic heterocycles. The van der Waals surface area contributed by atoms with Crippen LogP contribution in [-0.2, 0) is 6.42 Å². The molecule has 3 aromatic rings. The van der Waals surface area contributed by atoms with E-state index in [1.165, 1.54) is 27.9 Å². The lowest BCUT2D eigenvalue weighted by Crippen LogP contribution is -2.49. The highest BCUT2D eigenvalue weighted by Gasteiger charge is 2.41. The molecule has 0 radical (unpaired) electrons. The lowest BCUT2D eigenvalue weighted by Gasteiger charge is -2.51. The van der Waals surface area contributed by atoms with Crippen LogP contribution in [-0.4, -0.2) is 18.5 Å². The molecule has 2 nitrogen and oxygen atoms in total. The first kappa shape index (κ1) is 17.3. The molecule has 2 atom stereocenters. The molecule has 0 aliphatic carbocycles. The quantitative estimate of drug-likeness (QED) is 0.445. The number of halogens is 2. The van der Waals surface area contributed by atoms with E-state index in [-0.39, 0.29) is 12.2 Å². The van der Waals surface area contributed by atoms with E-state index in [9.17, 15) is 0 Å². The number of fused-ring (bicyclic) bond motifs is 5. The number of benzene rings is 3. The molecule has 2 aliphatic heterocycles. The van der Waals surface area contributed by atoms with Gasteiger partial charge in [-0.2, -0.15) is 0 Å². The van der Waals surface area contributed by atoms with Crippen molar-refractivity contribution in [1.82, 2.24) is 4.90 Å². The van der Waals surface area contributed by atoms with Crippen LogP contribution >= 0.6 is 27.5 Å². The lowest BCUT2D eigenvalue weighted by atomic mass is 9.84. The Bertz CT molecular complexity index is 1000. The van der Waals surface area contributed by atoms with Crippen molar-refractivity contribution in [2.75, 3.05) is 18.5 Å². The number of anilines is 1. The standard InChI is InChI=1S/C23H20BrClN2/c1-26-21-11-10-18(25)14-20(21)22-19-5-3-2-4-15(19)12-13-27(22)23(26)16-6-8-17(24)9-7-16/h2-11,14,22-23H,12-13H2,1H3. The zero-order valence-corrected chi connectivity index (χ0v) is 17.4. The Morgan fingerprint density at radius 1 is 0.963 bits per heavy atom. The maximum atomic E-state index is 6.41. The van der Waals surface area contributed by atoms with Gasteiger partial charge in [-0.15, -0.1) is 0 Å². The minimum atomic E-state index is 0.199. The van der Waals surface area contributed by atoms with Gasteiger partial charge in [-0.25, -0.2) is 0 Å². The Balaban J connectivity index is 1.73. The van der Waals surface area contributed by atoms with Crippen molar-refractivity contribution in [3.05, 3.63) is 98.5 Å². The largest absolute Gasteiger partial charge is 0.355 e. The van der Waals surface area contributed by atoms with Gasteiger partial charge in [0.2, 0.25) is 0 Å². The fraction of sp³-hybridized carbons (Fsp3) is 0.217. The van der Waals surface area contributed by atoms with Gasteiger partial charge in [-0.05, 0) is 59.0 Å².